The van der Waals surface area contributed by atoms with Crippen LogP contribution in [0.4, 0.5) is 10.1 Å². The van der Waals surface area contributed by atoms with E-state index >= 15 is 0 Å². The van der Waals surface area contributed by atoms with Crippen LogP contribution in [0.5, 0.6) is 0 Å². The van der Waals surface area contributed by atoms with Crippen molar-refractivity contribution < 1.29 is 9.18 Å². The Labute approximate surface area is 128 Å². The Morgan fingerprint density at radius 3 is 2.33 bits per heavy atom. The quantitative estimate of drug-likeness (QED) is 0.835. The first-order valence-corrected chi connectivity index (χ1v) is 6.87. The van der Waals surface area contributed by atoms with Crippen LogP contribution in [0.2, 0.25) is 0 Å². The van der Waals surface area contributed by atoms with Crippen LogP contribution in [-0.2, 0) is 11.2 Å². The van der Waals surface area contributed by atoms with Crippen molar-refractivity contribution in [1.29, 1.82) is 0 Å². The molecule has 2 aromatic carbocycles. The first kappa shape index (κ1) is 15.1. The van der Waals surface area contributed by atoms with Crippen LogP contribution in [0.25, 0.3) is 0 Å². The van der Waals surface area contributed by atoms with Gasteiger partial charge in [0.25, 0.3) is 0 Å². The SMILES string of the molecule is NC(=S)C(Cc1ccccc1)C(=O)Nc1ccc(F)cc1. The molecule has 1 amide bonds. The van der Waals surface area contributed by atoms with Crippen LogP contribution in [-0.4, -0.2) is 10.9 Å². The molecule has 0 bridgehead atoms. The Balaban J connectivity index is 2.09. The normalized spacial score (nSPS) is 11.7. The van der Waals surface area contributed by atoms with E-state index in [-0.39, 0.29) is 16.7 Å². The highest BCUT2D eigenvalue weighted by Crippen LogP contribution is 2.14. The van der Waals surface area contributed by atoms with Gasteiger partial charge in [-0.15, -0.1) is 0 Å². The number of hydrogen-bond donors (Lipinski definition) is 2. The van der Waals surface area contributed by atoms with Gasteiger partial charge in [-0.2, -0.15) is 0 Å². The molecular formula is C16H15FN2OS. The van der Waals surface area contributed by atoms with Crippen LogP contribution >= 0.6 is 12.2 Å². The van der Waals surface area contributed by atoms with Crippen LogP contribution < -0.4 is 11.1 Å². The number of thiocarbonyl (C=S) groups is 1. The molecule has 108 valence electrons. The zero-order valence-corrected chi connectivity index (χ0v) is 12.1. The monoisotopic (exact) mass is 302 g/mol. The molecule has 0 heterocycles. The van der Waals surface area contributed by atoms with E-state index in [1.807, 2.05) is 30.3 Å². The topological polar surface area (TPSA) is 55.1 Å². The van der Waals surface area contributed by atoms with Crippen LogP contribution in [0.3, 0.4) is 0 Å². The Morgan fingerprint density at radius 2 is 1.76 bits per heavy atom. The summed E-state index contributed by atoms with van der Waals surface area (Å²) in [6.07, 6.45) is 0.434. The van der Waals surface area contributed by atoms with Crippen molar-refractivity contribution in [2.75, 3.05) is 5.32 Å². The highest BCUT2D eigenvalue weighted by Gasteiger charge is 2.22. The first-order chi connectivity index (χ1) is 10.1. The fourth-order valence-electron chi connectivity index (χ4n) is 1.93. The molecule has 21 heavy (non-hydrogen) atoms. The maximum Gasteiger partial charge on any atom is 0.234 e. The number of amides is 1. The van der Waals surface area contributed by atoms with Crippen molar-refractivity contribution >= 4 is 28.8 Å². The van der Waals surface area contributed by atoms with Crippen LogP contribution in [0.15, 0.2) is 54.6 Å². The summed E-state index contributed by atoms with van der Waals surface area (Å²) in [6.45, 7) is 0. The van der Waals surface area contributed by atoms with Crippen molar-refractivity contribution in [2.45, 2.75) is 6.42 Å². The summed E-state index contributed by atoms with van der Waals surface area (Å²) in [4.78, 5) is 12.4. The third-order valence-electron chi connectivity index (χ3n) is 3.05. The molecule has 2 aromatic rings. The molecule has 5 heteroatoms. The smallest absolute Gasteiger partial charge is 0.234 e. The average Bonchev–Trinajstić information content (AvgIpc) is 2.48. The average molecular weight is 302 g/mol. The minimum Gasteiger partial charge on any atom is -0.393 e. The van der Waals surface area contributed by atoms with Gasteiger partial charge in [-0.1, -0.05) is 42.5 Å². The van der Waals surface area contributed by atoms with Gasteiger partial charge in [-0.25, -0.2) is 4.39 Å². The Hall–Kier alpha value is -2.27. The molecule has 2 rings (SSSR count). The minimum absolute atomic E-state index is 0.137. The molecule has 0 spiro atoms. The van der Waals surface area contributed by atoms with Crippen LogP contribution in [0.1, 0.15) is 5.56 Å². The van der Waals surface area contributed by atoms with E-state index in [9.17, 15) is 9.18 Å². The zero-order chi connectivity index (χ0) is 15.2. The van der Waals surface area contributed by atoms with E-state index in [1.165, 1.54) is 24.3 Å². The zero-order valence-electron chi connectivity index (χ0n) is 11.3. The standard InChI is InChI=1S/C16H15FN2OS/c17-12-6-8-13(9-7-12)19-16(20)14(15(18)21)10-11-4-2-1-3-5-11/h1-9,14H,10H2,(H2,18,21)(H,19,20). The van der Waals surface area contributed by atoms with E-state index in [1.54, 1.807) is 0 Å². The summed E-state index contributed by atoms with van der Waals surface area (Å²) in [6, 6.07) is 15.1. The number of rotatable bonds is 5. The Bertz CT molecular complexity index is 628. The lowest BCUT2D eigenvalue weighted by Crippen LogP contribution is -2.34. The van der Waals surface area contributed by atoms with E-state index in [4.69, 9.17) is 18.0 Å². The highest BCUT2D eigenvalue weighted by atomic mass is 32.1. The second kappa shape index (κ2) is 6.95. The molecule has 0 aliphatic heterocycles. The van der Waals surface area contributed by atoms with Gasteiger partial charge in [-0.05, 0) is 36.2 Å². The summed E-state index contributed by atoms with van der Waals surface area (Å²) in [5.41, 5.74) is 7.16. The molecule has 3 nitrogen and oxygen atoms in total. The fourth-order valence-corrected chi connectivity index (χ4v) is 2.13. The van der Waals surface area contributed by atoms with Gasteiger partial charge in [-0.3, -0.25) is 4.79 Å². The van der Waals surface area contributed by atoms with Gasteiger partial charge in [0.15, 0.2) is 0 Å². The van der Waals surface area contributed by atoms with E-state index in [0.29, 0.717) is 12.1 Å². The van der Waals surface area contributed by atoms with Crippen molar-refractivity contribution in [3.05, 3.63) is 66.0 Å². The maximum absolute atomic E-state index is 12.8. The summed E-state index contributed by atoms with van der Waals surface area (Å²) in [7, 11) is 0. The van der Waals surface area contributed by atoms with Gasteiger partial charge in [0, 0.05) is 5.69 Å². The van der Waals surface area contributed by atoms with Gasteiger partial charge < -0.3 is 11.1 Å². The van der Waals surface area contributed by atoms with Crippen molar-refractivity contribution in [2.24, 2.45) is 11.7 Å². The predicted molar refractivity (Wildman–Crippen MR) is 85.5 cm³/mol. The minimum atomic E-state index is -0.604. The van der Waals surface area contributed by atoms with Gasteiger partial charge in [0.05, 0.1) is 10.9 Å². The molecular weight excluding hydrogens is 287 g/mol. The number of nitrogens with one attached hydrogen (secondary N) is 1. The van der Waals surface area contributed by atoms with Gasteiger partial charge in [0.1, 0.15) is 5.82 Å². The molecule has 0 fully saturated rings. The number of carbonyl (C=O) groups is 1. The van der Waals surface area contributed by atoms with Crippen molar-refractivity contribution in [3.8, 4) is 0 Å². The molecule has 1 atom stereocenters. The lowest BCUT2D eigenvalue weighted by Gasteiger charge is -2.15. The molecule has 1 unspecified atom stereocenters. The number of anilines is 1. The Morgan fingerprint density at radius 1 is 1.14 bits per heavy atom. The fraction of sp³-hybridized carbons (Fsp3) is 0.125. The summed E-state index contributed by atoms with van der Waals surface area (Å²) in [5, 5.41) is 2.70. The van der Waals surface area contributed by atoms with E-state index in [2.05, 4.69) is 5.32 Å². The van der Waals surface area contributed by atoms with Gasteiger partial charge >= 0.3 is 0 Å². The van der Waals surface area contributed by atoms with E-state index in [0.717, 1.165) is 5.56 Å². The third-order valence-corrected chi connectivity index (χ3v) is 3.34. The molecule has 3 N–H and O–H groups in total. The molecule has 0 aromatic heterocycles. The highest BCUT2D eigenvalue weighted by molar-refractivity contribution is 7.80. The lowest BCUT2D eigenvalue weighted by molar-refractivity contribution is -0.118. The molecule has 0 aliphatic carbocycles. The largest absolute Gasteiger partial charge is 0.393 e. The number of nitrogens with two attached hydrogens (primary N) is 1. The molecule has 0 aliphatic rings. The molecule has 0 radical (unpaired) electrons. The lowest BCUT2D eigenvalue weighted by atomic mass is 9.98. The predicted octanol–water partition coefficient (Wildman–Crippen LogP) is 2.91. The second-order valence-corrected chi connectivity index (χ2v) is 5.11. The van der Waals surface area contributed by atoms with E-state index < -0.39 is 5.92 Å². The van der Waals surface area contributed by atoms with Crippen LogP contribution in [0, 0.1) is 11.7 Å². The second-order valence-electron chi connectivity index (χ2n) is 4.64. The number of halogens is 1. The third kappa shape index (κ3) is 4.36. The summed E-state index contributed by atoms with van der Waals surface area (Å²) in [5.74, 6) is -1.26. The first-order valence-electron chi connectivity index (χ1n) is 6.46. The van der Waals surface area contributed by atoms with Crippen molar-refractivity contribution in [1.82, 2.24) is 0 Å². The van der Waals surface area contributed by atoms with Crippen molar-refractivity contribution in [3.63, 3.8) is 0 Å². The number of hydrogen-bond acceptors (Lipinski definition) is 2. The number of carbonyl (C=O) groups excluding carboxylic acids is 1. The Kier molecular flexibility index (Phi) is 5.00. The summed E-state index contributed by atoms with van der Waals surface area (Å²) >= 11 is 4.99. The maximum atomic E-state index is 12.8. The number of benzene rings is 2. The molecule has 0 saturated carbocycles. The summed E-state index contributed by atoms with van der Waals surface area (Å²) < 4.78 is 12.8. The molecule has 0 saturated heterocycles. The van der Waals surface area contributed by atoms with Gasteiger partial charge in [0.2, 0.25) is 5.91 Å².